The number of carbonyl (C=O) groups is 2. The Morgan fingerprint density at radius 3 is 2.62 bits per heavy atom. The van der Waals surface area contributed by atoms with E-state index >= 15 is 0 Å². The zero-order valence-electron chi connectivity index (χ0n) is 11.0. The highest BCUT2D eigenvalue weighted by atomic mass is 32.2. The summed E-state index contributed by atoms with van der Waals surface area (Å²) in [5, 5.41) is 21.4. The number of hydrogen-bond donors (Lipinski definition) is 4. The van der Waals surface area contributed by atoms with E-state index in [1.165, 1.54) is 6.07 Å². The van der Waals surface area contributed by atoms with Crippen molar-refractivity contribution in [3.05, 3.63) is 17.5 Å². The van der Waals surface area contributed by atoms with Gasteiger partial charge in [0.1, 0.15) is 4.21 Å². The van der Waals surface area contributed by atoms with E-state index in [0.29, 0.717) is 0 Å². The van der Waals surface area contributed by atoms with Gasteiger partial charge in [0.2, 0.25) is 15.9 Å². The summed E-state index contributed by atoms with van der Waals surface area (Å²) in [5.41, 5.74) is 0. The molecule has 0 saturated carbocycles. The van der Waals surface area contributed by atoms with E-state index in [2.05, 4.69) is 10.0 Å². The van der Waals surface area contributed by atoms with Crippen molar-refractivity contribution in [3.63, 3.8) is 0 Å². The normalized spacial score (nSPS) is 12.8. The molecule has 1 rings (SSSR count). The molecular formula is C11H16N2O6S2. The number of sulfonamides is 1. The number of carbonyl (C=O) groups excluding carboxylic acids is 1. The van der Waals surface area contributed by atoms with Crippen LogP contribution in [0.2, 0.25) is 0 Å². The van der Waals surface area contributed by atoms with Gasteiger partial charge < -0.3 is 15.5 Å². The van der Waals surface area contributed by atoms with Crippen LogP contribution in [-0.2, 0) is 19.6 Å². The molecule has 0 bridgehead atoms. The Hall–Kier alpha value is -1.49. The number of nitrogens with one attached hydrogen (secondary N) is 2. The fourth-order valence-corrected chi connectivity index (χ4v) is 3.42. The SMILES string of the molecule is O=C(CCNS(=O)(=O)c1cccs1)NCC[C@H](O)C(=O)O. The molecule has 4 N–H and O–H groups in total. The Labute approximate surface area is 125 Å². The fraction of sp³-hybridized carbons (Fsp3) is 0.455. The highest BCUT2D eigenvalue weighted by Gasteiger charge is 2.15. The Kier molecular flexibility index (Phi) is 6.75. The summed E-state index contributed by atoms with van der Waals surface area (Å²) in [6.07, 6.45) is -1.71. The third-order valence-electron chi connectivity index (χ3n) is 2.43. The minimum absolute atomic E-state index is 0.00394. The Bertz CT molecular complexity index is 570. The number of thiophene rings is 1. The van der Waals surface area contributed by atoms with Gasteiger partial charge in [-0.3, -0.25) is 4.79 Å². The van der Waals surface area contributed by atoms with Crippen molar-refractivity contribution in [3.8, 4) is 0 Å². The smallest absolute Gasteiger partial charge is 0.332 e. The maximum Gasteiger partial charge on any atom is 0.332 e. The van der Waals surface area contributed by atoms with Crippen molar-refractivity contribution in [1.29, 1.82) is 0 Å². The number of aliphatic hydroxyl groups is 1. The number of hydrogen-bond acceptors (Lipinski definition) is 6. The minimum Gasteiger partial charge on any atom is -0.479 e. The second kappa shape index (κ2) is 8.08. The van der Waals surface area contributed by atoms with Gasteiger partial charge in [-0.2, -0.15) is 0 Å². The van der Waals surface area contributed by atoms with E-state index in [-0.39, 0.29) is 30.1 Å². The van der Waals surface area contributed by atoms with Gasteiger partial charge in [0.15, 0.2) is 6.10 Å². The van der Waals surface area contributed by atoms with E-state index in [1.54, 1.807) is 11.4 Å². The van der Waals surface area contributed by atoms with Crippen LogP contribution in [0.1, 0.15) is 12.8 Å². The summed E-state index contributed by atoms with van der Waals surface area (Å²) in [5.74, 6) is -1.78. The third-order valence-corrected chi connectivity index (χ3v) is 5.29. The average Bonchev–Trinajstić information content (AvgIpc) is 2.92. The molecule has 10 heteroatoms. The first-order valence-electron chi connectivity index (χ1n) is 6.03. The van der Waals surface area contributed by atoms with Gasteiger partial charge in [0, 0.05) is 25.9 Å². The Morgan fingerprint density at radius 1 is 1.33 bits per heavy atom. The summed E-state index contributed by atoms with van der Waals surface area (Å²) in [4.78, 5) is 21.7. The minimum atomic E-state index is -3.59. The van der Waals surface area contributed by atoms with Crippen molar-refractivity contribution in [2.45, 2.75) is 23.2 Å². The van der Waals surface area contributed by atoms with Gasteiger partial charge in [0.25, 0.3) is 0 Å². The van der Waals surface area contributed by atoms with Crippen molar-refractivity contribution < 1.29 is 28.2 Å². The predicted molar refractivity (Wildman–Crippen MR) is 75.4 cm³/mol. The molecule has 0 unspecified atom stereocenters. The molecule has 0 aromatic carbocycles. The van der Waals surface area contributed by atoms with Crippen LogP contribution in [0.5, 0.6) is 0 Å². The molecule has 1 heterocycles. The highest BCUT2D eigenvalue weighted by Crippen LogP contribution is 2.14. The van der Waals surface area contributed by atoms with Gasteiger partial charge in [0.05, 0.1) is 0 Å². The predicted octanol–water partition coefficient (Wildman–Crippen LogP) is -0.632. The van der Waals surface area contributed by atoms with Crippen molar-refractivity contribution in [2.24, 2.45) is 0 Å². The lowest BCUT2D eigenvalue weighted by molar-refractivity contribution is -0.147. The summed E-state index contributed by atoms with van der Waals surface area (Å²) < 4.78 is 25.9. The molecule has 0 aliphatic heterocycles. The quantitative estimate of drug-likeness (QED) is 0.474. The van der Waals surface area contributed by atoms with Crippen LogP contribution in [-0.4, -0.2) is 49.7 Å². The first-order chi connectivity index (χ1) is 9.83. The van der Waals surface area contributed by atoms with E-state index in [0.717, 1.165) is 11.3 Å². The van der Waals surface area contributed by atoms with Crippen molar-refractivity contribution in [1.82, 2.24) is 10.0 Å². The summed E-state index contributed by atoms with van der Waals surface area (Å²) in [6.45, 7) is -0.0580. The second-order valence-electron chi connectivity index (χ2n) is 4.07. The molecule has 1 atom stereocenters. The summed E-state index contributed by atoms with van der Waals surface area (Å²) in [6, 6.07) is 3.07. The largest absolute Gasteiger partial charge is 0.479 e. The number of carboxylic acid groups (broad SMARTS) is 1. The van der Waals surface area contributed by atoms with Crippen LogP contribution in [0, 0.1) is 0 Å². The maximum absolute atomic E-state index is 11.7. The molecule has 1 amide bonds. The molecule has 21 heavy (non-hydrogen) atoms. The standard InChI is InChI=1S/C11H16N2O6S2/c14-8(11(16)17)3-5-12-9(15)4-6-13-21(18,19)10-2-1-7-20-10/h1-2,7-8,13-14H,3-6H2,(H,12,15)(H,16,17)/t8-/m0/s1. The zero-order valence-corrected chi connectivity index (χ0v) is 12.6. The molecule has 0 fully saturated rings. The summed E-state index contributed by atoms with van der Waals surface area (Å²) in [7, 11) is -3.59. The molecule has 8 nitrogen and oxygen atoms in total. The number of rotatable bonds is 9. The van der Waals surface area contributed by atoms with Crippen LogP contribution < -0.4 is 10.0 Å². The number of aliphatic hydroxyl groups excluding tert-OH is 1. The molecular weight excluding hydrogens is 320 g/mol. The fourth-order valence-electron chi connectivity index (χ4n) is 1.35. The van der Waals surface area contributed by atoms with Crippen molar-refractivity contribution >= 4 is 33.2 Å². The van der Waals surface area contributed by atoms with Crippen LogP contribution in [0.15, 0.2) is 21.7 Å². The van der Waals surface area contributed by atoms with Crippen molar-refractivity contribution in [2.75, 3.05) is 13.1 Å². The molecule has 0 aliphatic rings. The number of amides is 1. The maximum atomic E-state index is 11.7. The lowest BCUT2D eigenvalue weighted by Crippen LogP contribution is -2.33. The van der Waals surface area contributed by atoms with Gasteiger partial charge in [-0.05, 0) is 11.4 Å². The van der Waals surface area contributed by atoms with Gasteiger partial charge in [-0.15, -0.1) is 11.3 Å². The molecule has 1 aromatic rings. The highest BCUT2D eigenvalue weighted by molar-refractivity contribution is 7.91. The first kappa shape index (κ1) is 17.6. The lowest BCUT2D eigenvalue weighted by Gasteiger charge is -2.08. The van der Waals surface area contributed by atoms with Gasteiger partial charge >= 0.3 is 5.97 Å². The molecule has 0 spiro atoms. The average molecular weight is 336 g/mol. The Morgan fingerprint density at radius 2 is 2.05 bits per heavy atom. The van der Waals surface area contributed by atoms with Gasteiger partial charge in [-0.1, -0.05) is 6.07 Å². The monoisotopic (exact) mass is 336 g/mol. The van der Waals surface area contributed by atoms with Crippen LogP contribution in [0.25, 0.3) is 0 Å². The first-order valence-corrected chi connectivity index (χ1v) is 8.40. The van der Waals surface area contributed by atoms with Gasteiger partial charge in [-0.25, -0.2) is 17.9 Å². The second-order valence-corrected chi connectivity index (χ2v) is 7.01. The molecule has 118 valence electrons. The number of aliphatic carboxylic acids is 1. The molecule has 0 radical (unpaired) electrons. The molecule has 0 aliphatic carbocycles. The zero-order chi connectivity index (χ0) is 15.9. The topological polar surface area (TPSA) is 133 Å². The van der Waals surface area contributed by atoms with E-state index in [9.17, 15) is 18.0 Å². The van der Waals surface area contributed by atoms with Crippen LogP contribution in [0.4, 0.5) is 0 Å². The Balaban J connectivity index is 2.24. The van der Waals surface area contributed by atoms with E-state index in [1.807, 2.05) is 0 Å². The van der Waals surface area contributed by atoms with Crippen LogP contribution in [0.3, 0.4) is 0 Å². The molecule has 1 aromatic heterocycles. The van der Waals surface area contributed by atoms with Crippen LogP contribution >= 0.6 is 11.3 Å². The summed E-state index contributed by atoms with van der Waals surface area (Å²) >= 11 is 1.07. The molecule has 0 saturated heterocycles. The number of carboxylic acids is 1. The van der Waals surface area contributed by atoms with E-state index in [4.69, 9.17) is 10.2 Å². The van der Waals surface area contributed by atoms with E-state index < -0.39 is 28.0 Å². The lowest BCUT2D eigenvalue weighted by atomic mass is 10.2. The third kappa shape index (κ3) is 6.21.